The molecule has 0 bridgehead atoms. The highest BCUT2D eigenvalue weighted by molar-refractivity contribution is 4.74. The number of hydrogen-bond acceptors (Lipinski definition) is 3. The molecule has 14 heavy (non-hydrogen) atoms. The molecule has 3 heteroatoms. The van der Waals surface area contributed by atoms with Crippen molar-refractivity contribution in [2.75, 3.05) is 26.7 Å². The van der Waals surface area contributed by atoms with Gasteiger partial charge in [0.15, 0.2) is 0 Å². The van der Waals surface area contributed by atoms with E-state index in [1.165, 1.54) is 19.4 Å². The lowest BCUT2D eigenvalue weighted by Crippen LogP contribution is -2.34. The minimum Gasteiger partial charge on any atom is -0.373 e. The van der Waals surface area contributed by atoms with Crippen molar-refractivity contribution in [2.45, 2.75) is 38.9 Å². The molecule has 1 fully saturated rings. The zero-order valence-electron chi connectivity index (χ0n) is 9.70. The SMILES string of the molecule is CC1CCN(C)CC(OC(C)CN)C1. The van der Waals surface area contributed by atoms with Gasteiger partial charge in [-0.1, -0.05) is 6.92 Å². The maximum Gasteiger partial charge on any atom is 0.0708 e. The summed E-state index contributed by atoms with van der Waals surface area (Å²) in [6.07, 6.45) is 3.02. The van der Waals surface area contributed by atoms with Gasteiger partial charge in [-0.2, -0.15) is 0 Å². The van der Waals surface area contributed by atoms with E-state index in [9.17, 15) is 0 Å². The van der Waals surface area contributed by atoms with Gasteiger partial charge in [-0.3, -0.25) is 0 Å². The van der Waals surface area contributed by atoms with E-state index >= 15 is 0 Å². The van der Waals surface area contributed by atoms with Gasteiger partial charge in [-0.05, 0) is 39.3 Å². The van der Waals surface area contributed by atoms with Gasteiger partial charge in [-0.15, -0.1) is 0 Å². The highest BCUT2D eigenvalue weighted by Crippen LogP contribution is 2.19. The Balaban J connectivity index is 2.40. The van der Waals surface area contributed by atoms with Crippen LogP contribution in [0.3, 0.4) is 0 Å². The van der Waals surface area contributed by atoms with E-state index in [1.54, 1.807) is 0 Å². The van der Waals surface area contributed by atoms with Crippen molar-refractivity contribution < 1.29 is 4.74 Å². The number of nitrogens with zero attached hydrogens (tertiary/aromatic N) is 1. The number of ether oxygens (including phenoxy) is 1. The third-order valence-corrected chi connectivity index (χ3v) is 2.94. The average molecular weight is 200 g/mol. The van der Waals surface area contributed by atoms with E-state index in [0.29, 0.717) is 12.6 Å². The topological polar surface area (TPSA) is 38.5 Å². The van der Waals surface area contributed by atoms with Crippen LogP contribution in [0.2, 0.25) is 0 Å². The fourth-order valence-electron chi connectivity index (χ4n) is 2.00. The van der Waals surface area contributed by atoms with Gasteiger partial charge in [0.1, 0.15) is 0 Å². The normalized spacial score (nSPS) is 32.6. The maximum absolute atomic E-state index is 5.89. The van der Waals surface area contributed by atoms with Crippen LogP contribution in [0.5, 0.6) is 0 Å². The van der Waals surface area contributed by atoms with Crippen molar-refractivity contribution in [2.24, 2.45) is 11.7 Å². The molecule has 3 atom stereocenters. The molecule has 2 N–H and O–H groups in total. The third kappa shape index (κ3) is 3.95. The summed E-state index contributed by atoms with van der Waals surface area (Å²) < 4.78 is 5.89. The van der Waals surface area contributed by atoms with Crippen molar-refractivity contribution >= 4 is 0 Å². The lowest BCUT2D eigenvalue weighted by atomic mass is 10.0. The Kier molecular flexibility index (Phi) is 4.85. The van der Waals surface area contributed by atoms with Gasteiger partial charge in [0.2, 0.25) is 0 Å². The first-order valence-corrected chi connectivity index (χ1v) is 5.66. The van der Waals surface area contributed by atoms with Crippen molar-refractivity contribution in [3.63, 3.8) is 0 Å². The Labute approximate surface area is 87.6 Å². The molecular formula is C11H24N2O. The molecular weight excluding hydrogens is 176 g/mol. The van der Waals surface area contributed by atoms with E-state index in [4.69, 9.17) is 10.5 Å². The summed E-state index contributed by atoms with van der Waals surface area (Å²) in [6.45, 7) is 7.22. The number of likely N-dealkylation sites (tertiary alicyclic amines) is 1. The van der Waals surface area contributed by atoms with Crippen LogP contribution in [0.15, 0.2) is 0 Å². The van der Waals surface area contributed by atoms with Crippen molar-refractivity contribution in [3.8, 4) is 0 Å². The lowest BCUT2D eigenvalue weighted by Gasteiger charge is -2.24. The minimum atomic E-state index is 0.193. The van der Waals surface area contributed by atoms with Crippen LogP contribution >= 0.6 is 0 Å². The van der Waals surface area contributed by atoms with Gasteiger partial charge in [0.05, 0.1) is 12.2 Å². The summed E-state index contributed by atoms with van der Waals surface area (Å²) in [7, 11) is 2.17. The van der Waals surface area contributed by atoms with Crippen molar-refractivity contribution in [3.05, 3.63) is 0 Å². The van der Waals surface area contributed by atoms with Gasteiger partial charge in [0.25, 0.3) is 0 Å². The molecule has 0 saturated carbocycles. The first-order valence-electron chi connectivity index (χ1n) is 5.66. The van der Waals surface area contributed by atoms with E-state index in [0.717, 1.165) is 12.5 Å². The van der Waals surface area contributed by atoms with Crippen molar-refractivity contribution in [1.29, 1.82) is 0 Å². The van der Waals surface area contributed by atoms with Crippen LogP contribution < -0.4 is 5.73 Å². The smallest absolute Gasteiger partial charge is 0.0708 e. The van der Waals surface area contributed by atoms with Gasteiger partial charge >= 0.3 is 0 Å². The van der Waals surface area contributed by atoms with Gasteiger partial charge in [0, 0.05) is 13.1 Å². The Morgan fingerprint density at radius 3 is 2.93 bits per heavy atom. The van der Waals surface area contributed by atoms with Crippen LogP contribution in [-0.2, 0) is 4.74 Å². The van der Waals surface area contributed by atoms with Crippen LogP contribution in [-0.4, -0.2) is 43.8 Å². The number of rotatable bonds is 3. The largest absolute Gasteiger partial charge is 0.373 e. The first-order chi connectivity index (χ1) is 6.61. The molecule has 0 amide bonds. The molecule has 0 aromatic heterocycles. The molecule has 0 aromatic rings. The molecule has 3 unspecified atom stereocenters. The van der Waals surface area contributed by atoms with Gasteiger partial charge in [-0.25, -0.2) is 0 Å². The minimum absolute atomic E-state index is 0.193. The summed E-state index contributed by atoms with van der Waals surface area (Å²) >= 11 is 0. The molecule has 1 aliphatic heterocycles. The lowest BCUT2D eigenvalue weighted by molar-refractivity contribution is -0.0152. The Bertz CT molecular complexity index is 151. The summed E-state index contributed by atoms with van der Waals surface area (Å²) in [5.74, 6) is 0.773. The Morgan fingerprint density at radius 2 is 2.29 bits per heavy atom. The highest BCUT2D eigenvalue weighted by Gasteiger charge is 2.21. The summed E-state index contributed by atoms with van der Waals surface area (Å²) in [4.78, 5) is 2.36. The molecule has 0 spiro atoms. The molecule has 1 aliphatic rings. The summed E-state index contributed by atoms with van der Waals surface area (Å²) in [5, 5.41) is 0. The zero-order valence-corrected chi connectivity index (χ0v) is 9.70. The van der Waals surface area contributed by atoms with Gasteiger partial charge < -0.3 is 15.4 Å². The summed E-state index contributed by atoms with van der Waals surface area (Å²) in [6, 6.07) is 0. The maximum atomic E-state index is 5.89. The molecule has 0 aliphatic carbocycles. The van der Waals surface area contributed by atoms with E-state index < -0.39 is 0 Å². The predicted octanol–water partition coefficient (Wildman–Crippen LogP) is 1.08. The number of hydrogen-bond donors (Lipinski definition) is 1. The molecule has 0 radical (unpaired) electrons. The quantitative estimate of drug-likeness (QED) is 0.741. The van der Waals surface area contributed by atoms with Crippen molar-refractivity contribution in [1.82, 2.24) is 4.90 Å². The molecule has 3 nitrogen and oxygen atoms in total. The second kappa shape index (κ2) is 5.69. The number of likely N-dealkylation sites (N-methyl/N-ethyl adjacent to an activating group) is 1. The predicted molar refractivity (Wildman–Crippen MR) is 59.3 cm³/mol. The Morgan fingerprint density at radius 1 is 1.57 bits per heavy atom. The van der Waals surface area contributed by atoms with Crippen LogP contribution in [0.1, 0.15) is 26.7 Å². The standard InChI is InChI=1S/C11H24N2O/c1-9-4-5-13(3)8-11(6-9)14-10(2)7-12/h9-11H,4-8,12H2,1-3H3. The zero-order chi connectivity index (χ0) is 10.6. The van der Waals surface area contributed by atoms with Crippen LogP contribution in [0.4, 0.5) is 0 Å². The second-order valence-electron chi connectivity index (χ2n) is 4.70. The van der Waals surface area contributed by atoms with Crippen LogP contribution in [0.25, 0.3) is 0 Å². The average Bonchev–Trinajstić information content (AvgIpc) is 2.28. The van der Waals surface area contributed by atoms with E-state index in [1.807, 2.05) is 0 Å². The molecule has 84 valence electrons. The third-order valence-electron chi connectivity index (χ3n) is 2.94. The summed E-state index contributed by atoms with van der Waals surface area (Å²) in [5.41, 5.74) is 5.56. The molecule has 1 rings (SSSR count). The first kappa shape index (κ1) is 12.0. The van der Waals surface area contributed by atoms with Crippen LogP contribution in [0, 0.1) is 5.92 Å². The monoisotopic (exact) mass is 200 g/mol. The van der Waals surface area contributed by atoms with E-state index in [-0.39, 0.29) is 6.10 Å². The molecule has 1 saturated heterocycles. The number of nitrogens with two attached hydrogens (primary N) is 1. The Hall–Kier alpha value is -0.120. The highest BCUT2D eigenvalue weighted by atomic mass is 16.5. The fourth-order valence-corrected chi connectivity index (χ4v) is 2.00. The molecule has 1 heterocycles. The fraction of sp³-hybridized carbons (Fsp3) is 1.00. The second-order valence-corrected chi connectivity index (χ2v) is 4.70. The molecule has 0 aromatic carbocycles. The van der Waals surface area contributed by atoms with E-state index in [2.05, 4.69) is 25.8 Å².